The van der Waals surface area contributed by atoms with Gasteiger partial charge in [-0.3, -0.25) is 0 Å². The van der Waals surface area contributed by atoms with Crippen molar-refractivity contribution in [1.82, 2.24) is 4.72 Å². The van der Waals surface area contributed by atoms with Gasteiger partial charge in [0.05, 0.1) is 16.5 Å². The fraction of sp³-hybridized carbons (Fsp3) is 0.381. The monoisotopic (exact) mass is 486 g/mol. The van der Waals surface area contributed by atoms with Crippen LogP contribution in [0.4, 0.5) is 13.2 Å². The van der Waals surface area contributed by atoms with Gasteiger partial charge in [0.2, 0.25) is 0 Å². The van der Waals surface area contributed by atoms with Gasteiger partial charge in [-0.05, 0) is 45.0 Å². The Bertz CT molecular complexity index is 1200. The number of benzene rings is 2. The van der Waals surface area contributed by atoms with E-state index in [0.717, 1.165) is 24.5 Å². The number of halogens is 3. The van der Waals surface area contributed by atoms with Gasteiger partial charge in [0.25, 0.3) is 5.92 Å². The van der Waals surface area contributed by atoms with E-state index in [1.54, 1.807) is 26.8 Å². The molecule has 172 valence electrons. The van der Waals surface area contributed by atoms with Crippen LogP contribution in [0, 0.1) is 17.1 Å². The number of nitrogens with one attached hydrogen (secondary N) is 1. The first-order chi connectivity index (χ1) is 14.6. The summed E-state index contributed by atoms with van der Waals surface area (Å²) in [6.45, 7) is 4.79. The number of ether oxygens (including phenoxy) is 1. The highest BCUT2D eigenvalue weighted by Crippen LogP contribution is 2.50. The van der Waals surface area contributed by atoms with Gasteiger partial charge in [-0.2, -0.15) is 5.26 Å². The third kappa shape index (κ3) is 4.88. The van der Waals surface area contributed by atoms with Crippen LogP contribution in [-0.4, -0.2) is 29.9 Å². The Morgan fingerprint density at radius 3 is 2.50 bits per heavy atom. The Balaban J connectivity index is 2.16. The molecule has 1 aliphatic carbocycles. The molecule has 2 aromatic rings. The standard InChI is InChI=1S/C21H21F3N2O4S2/c1-20(2,3)31(27)26-19-18-15(10-21(19,23)24)16(5-6-17(18)32(4,28)29)30-14-8-12(11-25)7-13(22)9-14/h5-9,19,26H,10H2,1-4H3/t19-,31?/m0/s1. The zero-order valence-corrected chi connectivity index (χ0v) is 19.3. The highest BCUT2D eigenvalue weighted by Gasteiger charge is 2.54. The fourth-order valence-electron chi connectivity index (χ4n) is 3.33. The molecule has 0 spiro atoms. The zero-order chi connectivity index (χ0) is 24.1. The summed E-state index contributed by atoms with van der Waals surface area (Å²) in [6, 6.07) is 5.47. The summed E-state index contributed by atoms with van der Waals surface area (Å²) >= 11 is -1.92. The van der Waals surface area contributed by atoms with Crippen LogP contribution in [0.15, 0.2) is 35.2 Å². The minimum absolute atomic E-state index is 0.0325. The van der Waals surface area contributed by atoms with Crippen LogP contribution in [0.25, 0.3) is 0 Å². The number of nitriles is 1. The van der Waals surface area contributed by atoms with E-state index >= 15 is 8.78 Å². The first kappa shape index (κ1) is 24.4. The highest BCUT2D eigenvalue weighted by molar-refractivity contribution is 7.91. The summed E-state index contributed by atoms with van der Waals surface area (Å²) < 4.78 is 88.3. The summed E-state index contributed by atoms with van der Waals surface area (Å²) in [4.78, 5) is -0.336. The van der Waals surface area contributed by atoms with Crippen LogP contribution in [0.2, 0.25) is 0 Å². The predicted octanol–water partition coefficient (Wildman–Crippen LogP) is 4.18. The van der Waals surface area contributed by atoms with E-state index in [4.69, 9.17) is 10.00 Å². The van der Waals surface area contributed by atoms with Crippen molar-refractivity contribution in [3.05, 3.63) is 52.8 Å². The Labute approximate surface area is 187 Å². The van der Waals surface area contributed by atoms with Crippen molar-refractivity contribution in [2.24, 2.45) is 0 Å². The SMILES string of the molecule is CC(C)(C)[S+]([O-])N[C@H]1c2c(S(C)(=O)=O)ccc(Oc3cc(F)cc(C#N)c3)c2CC1(F)F. The second kappa shape index (κ2) is 8.26. The quantitative estimate of drug-likeness (QED) is 0.637. The summed E-state index contributed by atoms with van der Waals surface area (Å²) in [5.41, 5.74) is -0.358. The van der Waals surface area contributed by atoms with E-state index in [1.165, 1.54) is 12.1 Å². The van der Waals surface area contributed by atoms with Crippen molar-refractivity contribution in [1.29, 1.82) is 5.26 Å². The maximum absolute atomic E-state index is 15.1. The number of alkyl halides is 2. The van der Waals surface area contributed by atoms with Gasteiger partial charge < -0.3 is 9.29 Å². The molecule has 0 saturated carbocycles. The van der Waals surface area contributed by atoms with Crippen LogP contribution < -0.4 is 9.46 Å². The fourth-order valence-corrected chi connectivity index (χ4v) is 5.15. The molecule has 0 saturated heterocycles. The smallest absolute Gasteiger partial charge is 0.275 e. The number of nitrogens with zero attached hydrogens (tertiary/aromatic N) is 1. The lowest BCUT2D eigenvalue weighted by Crippen LogP contribution is -2.45. The van der Waals surface area contributed by atoms with Crippen LogP contribution in [0.3, 0.4) is 0 Å². The molecule has 0 radical (unpaired) electrons. The molecule has 11 heteroatoms. The molecule has 0 amide bonds. The number of fused-ring (bicyclic) bond motifs is 1. The lowest BCUT2D eigenvalue weighted by molar-refractivity contribution is -0.0194. The minimum Gasteiger partial charge on any atom is -0.598 e. The van der Waals surface area contributed by atoms with Gasteiger partial charge in [-0.15, -0.1) is 4.72 Å². The molecule has 1 aliphatic rings. The maximum Gasteiger partial charge on any atom is 0.275 e. The van der Waals surface area contributed by atoms with Crippen molar-refractivity contribution in [2.45, 2.75) is 48.8 Å². The van der Waals surface area contributed by atoms with E-state index in [2.05, 4.69) is 4.72 Å². The van der Waals surface area contributed by atoms with Gasteiger partial charge in [0.1, 0.15) is 28.1 Å². The van der Waals surface area contributed by atoms with Gasteiger partial charge >= 0.3 is 0 Å². The molecule has 2 atom stereocenters. The lowest BCUT2D eigenvalue weighted by atomic mass is 10.1. The summed E-state index contributed by atoms with van der Waals surface area (Å²) in [5, 5.41) is 9.01. The number of sulfone groups is 1. The Kier molecular flexibility index (Phi) is 6.30. The molecular formula is C21H21F3N2O4S2. The van der Waals surface area contributed by atoms with Crippen LogP contribution >= 0.6 is 0 Å². The largest absolute Gasteiger partial charge is 0.598 e. The van der Waals surface area contributed by atoms with E-state index < -0.39 is 50.1 Å². The second-order valence-electron chi connectivity index (χ2n) is 8.49. The molecule has 6 nitrogen and oxygen atoms in total. The molecule has 0 heterocycles. The molecule has 0 aromatic heterocycles. The third-order valence-electron chi connectivity index (χ3n) is 4.81. The molecule has 0 bridgehead atoms. The normalized spacial score (nSPS) is 18.7. The summed E-state index contributed by atoms with van der Waals surface area (Å²) in [7, 11) is -3.92. The number of hydrogen-bond acceptors (Lipinski definition) is 6. The first-order valence-corrected chi connectivity index (χ1v) is 12.5. The zero-order valence-electron chi connectivity index (χ0n) is 17.7. The predicted molar refractivity (Wildman–Crippen MR) is 113 cm³/mol. The summed E-state index contributed by atoms with van der Waals surface area (Å²) in [5.74, 6) is -4.43. The molecule has 2 aromatic carbocycles. The second-order valence-corrected chi connectivity index (χ2v) is 12.5. The molecule has 1 unspecified atom stereocenters. The Hall–Kier alpha value is -2.26. The molecule has 32 heavy (non-hydrogen) atoms. The van der Waals surface area contributed by atoms with E-state index in [-0.39, 0.29) is 33.1 Å². The molecule has 3 rings (SSSR count). The molecule has 1 N–H and O–H groups in total. The maximum atomic E-state index is 15.1. The Morgan fingerprint density at radius 2 is 1.94 bits per heavy atom. The topological polar surface area (TPSA) is 102 Å². The number of rotatable bonds is 5. The Morgan fingerprint density at radius 1 is 1.28 bits per heavy atom. The van der Waals surface area contributed by atoms with E-state index in [0.29, 0.717) is 0 Å². The lowest BCUT2D eigenvalue weighted by Gasteiger charge is -2.29. The molecular weight excluding hydrogens is 465 g/mol. The summed E-state index contributed by atoms with van der Waals surface area (Å²) in [6.07, 6.45) is 0.0175. The third-order valence-corrected chi connectivity index (χ3v) is 7.52. The minimum atomic E-state index is -3.92. The van der Waals surface area contributed by atoms with Crippen molar-refractivity contribution < 1.29 is 30.9 Å². The van der Waals surface area contributed by atoms with Crippen LogP contribution in [0.5, 0.6) is 11.5 Å². The van der Waals surface area contributed by atoms with E-state index in [1.807, 2.05) is 0 Å². The van der Waals surface area contributed by atoms with E-state index in [9.17, 15) is 17.4 Å². The van der Waals surface area contributed by atoms with Gasteiger partial charge in [-0.25, -0.2) is 21.6 Å². The van der Waals surface area contributed by atoms with Crippen LogP contribution in [-0.2, 0) is 27.6 Å². The molecule has 0 aliphatic heterocycles. The van der Waals surface area contributed by atoms with Gasteiger partial charge in [-0.1, -0.05) is 0 Å². The molecule has 0 fully saturated rings. The average Bonchev–Trinajstić information content (AvgIpc) is 2.90. The van der Waals surface area contributed by atoms with Crippen molar-refractivity contribution in [3.63, 3.8) is 0 Å². The average molecular weight is 487 g/mol. The number of hydrogen-bond donors (Lipinski definition) is 1. The first-order valence-electron chi connectivity index (χ1n) is 9.44. The highest BCUT2D eigenvalue weighted by atomic mass is 32.2. The van der Waals surface area contributed by atoms with Crippen molar-refractivity contribution in [3.8, 4) is 17.6 Å². The van der Waals surface area contributed by atoms with Crippen molar-refractivity contribution in [2.75, 3.05) is 6.26 Å². The van der Waals surface area contributed by atoms with Gasteiger partial charge in [0, 0.05) is 41.2 Å². The van der Waals surface area contributed by atoms with Crippen molar-refractivity contribution >= 4 is 21.2 Å². The van der Waals surface area contributed by atoms with Crippen LogP contribution in [0.1, 0.15) is 43.5 Å². The van der Waals surface area contributed by atoms with Gasteiger partial charge in [0.15, 0.2) is 9.84 Å².